The summed E-state index contributed by atoms with van der Waals surface area (Å²) < 4.78 is 84.2. The minimum Gasteiger partial charge on any atom is -0.359 e. The summed E-state index contributed by atoms with van der Waals surface area (Å²) in [6, 6.07) is 8.38. The van der Waals surface area contributed by atoms with Crippen molar-refractivity contribution in [3.8, 4) is 0 Å². The lowest BCUT2D eigenvalue weighted by Gasteiger charge is -2.17. The predicted molar refractivity (Wildman–Crippen MR) is 130 cm³/mol. The molecule has 1 aromatic carbocycles. The zero-order chi connectivity index (χ0) is 26.7. The fourth-order valence-electron chi connectivity index (χ4n) is 3.06. The van der Waals surface area contributed by atoms with Crippen LogP contribution < -0.4 is 15.8 Å². The number of fused-ring (bicyclic) bond motifs is 1. The molecule has 0 bridgehead atoms. The maximum absolute atomic E-state index is 12.9. The summed E-state index contributed by atoms with van der Waals surface area (Å²) in [5.74, 6) is -0.381. The van der Waals surface area contributed by atoms with Crippen molar-refractivity contribution >= 4 is 48.7 Å². The van der Waals surface area contributed by atoms with E-state index < -0.39 is 38.6 Å². The number of alkyl halides is 3. The number of sulfone groups is 1. The summed E-state index contributed by atoms with van der Waals surface area (Å²) in [6.07, 6.45) is -0.627. The summed E-state index contributed by atoms with van der Waals surface area (Å²) in [7, 11) is -7.10. The standard InChI is InChI=1S/C21H23F3N6O4S2/c1-13(14-5-8-16(9-6-14)36(25,33)34)27-20-29-17-10-7-15(4-3-11-35(2,31)32)28-18(17)19(30-20)26-12-21(22,23)24/h3-10,13H,11-12H2,1-2H3,(H2,25,33,34)(H2,26,27,29,30)/b4-3+. The van der Waals surface area contributed by atoms with Gasteiger partial charge in [0.15, 0.2) is 15.7 Å². The molecule has 0 spiro atoms. The fourth-order valence-corrected chi connectivity index (χ4v) is 4.02. The number of nitrogens with two attached hydrogens (primary N) is 1. The van der Waals surface area contributed by atoms with Gasteiger partial charge in [0.2, 0.25) is 16.0 Å². The van der Waals surface area contributed by atoms with Gasteiger partial charge in [-0.15, -0.1) is 0 Å². The largest absolute Gasteiger partial charge is 0.405 e. The molecule has 0 aliphatic rings. The molecular weight excluding hydrogens is 521 g/mol. The van der Waals surface area contributed by atoms with Crippen LogP contribution in [0.25, 0.3) is 17.1 Å². The molecule has 1 atom stereocenters. The summed E-state index contributed by atoms with van der Waals surface area (Å²) in [5, 5.41) is 10.3. The first-order chi connectivity index (χ1) is 16.6. The van der Waals surface area contributed by atoms with Gasteiger partial charge in [-0.05, 0) is 42.8 Å². The van der Waals surface area contributed by atoms with Gasteiger partial charge in [-0.2, -0.15) is 18.2 Å². The number of aromatic nitrogens is 3. The van der Waals surface area contributed by atoms with Gasteiger partial charge >= 0.3 is 6.18 Å². The molecule has 4 N–H and O–H groups in total. The molecule has 3 aromatic rings. The molecule has 0 radical (unpaired) electrons. The second kappa shape index (κ2) is 10.4. The second-order valence-electron chi connectivity index (χ2n) is 7.94. The molecule has 2 aromatic heterocycles. The molecule has 0 saturated heterocycles. The number of benzene rings is 1. The first-order valence-electron chi connectivity index (χ1n) is 10.3. The molecule has 0 aliphatic carbocycles. The zero-order valence-electron chi connectivity index (χ0n) is 19.1. The van der Waals surface area contributed by atoms with Crippen LogP contribution in [0.3, 0.4) is 0 Å². The highest BCUT2D eigenvalue weighted by atomic mass is 32.2. The van der Waals surface area contributed by atoms with Crippen molar-refractivity contribution in [3.05, 3.63) is 53.7 Å². The Hall–Kier alpha value is -3.30. The average molecular weight is 545 g/mol. The molecule has 194 valence electrons. The third-order valence-corrected chi connectivity index (χ3v) is 6.49. The molecule has 2 heterocycles. The minimum atomic E-state index is -4.52. The van der Waals surface area contributed by atoms with Gasteiger partial charge < -0.3 is 10.6 Å². The van der Waals surface area contributed by atoms with Crippen molar-refractivity contribution in [1.82, 2.24) is 15.0 Å². The van der Waals surface area contributed by atoms with Crippen LogP contribution in [0.5, 0.6) is 0 Å². The SMILES string of the molecule is CC(Nc1nc(NCC(F)(F)F)c2nc(/C=C/CS(C)(=O)=O)ccc2n1)c1ccc(S(N)(=O)=O)cc1. The third-order valence-electron chi connectivity index (χ3n) is 4.76. The van der Waals surface area contributed by atoms with E-state index in [1.165, 1.54) is 42.5 Å². The number of nitrogens with one attached hydrogen (secondary N) is 2. The monoisotopic (exact) mass is 544 g/mol. The van der Waals surface area contributed by atoms with Gasteiger partial charge in [-0.3, -0.25) is 0 Å². The van der Waals surface area contributed by atoms with Crippen LogP contribution in [0.1, 0.15) is 24.2 Å². The number of nitrogens with zero attached hydrogens (tertiary/aromatic N) is 3. The van der Waals surface area contributed by atoms with Gasteiger partial charge in [-0.25, -0.2) is 31.9 Å². The van der Waals surface area contributed by atoms with Crippen molar-refractivity contribution in [2.75, 3.05) is 29.2 Å². The molecule has 0 aliphatic heterocycles. The van der Waals surface area contributed by atoms with Crippen LogP contribution in [0, 0.1) is 0 Å². The highest BCUT2D eigenvalue weighted by Gasteiger charge is 2.27. The van der Waals surface area contributed by atoms with Crippen molar-refractivity contribution in [2.24, 2.45) is 5.14 Å². The third kappa shape index (κ3) is 7.86. The minimum absolute atomic E-state index is 0.0114. The Morgan fingerprint density at radius 3 is 2.28 bits per heavy atom. The van der Waals surface area contributed by atoms with E-state index in [0.29, 0.717) is 11.3 Å². The fraction of sp³-hybridized carbons (Fsp3) is 0.286. The van der Waals surface area contributed by atoms with E-state index in [2.05, 4.69) is 25.6 Å². The number of sulfonamides is 1. The Labute approximate surface area is 205 Å². The molecule has 15 heteroatoms. The van der Waals surface area contributed by atoms with E-state index in [9.17, 15) is 30.0 Å². The summed E-state index contributed by atoms with van der Waals surface area (Å²) in [6.45, 7) is 0.370. The molecule has 0 amide bonds. The number of rotatable bonds is 9. The van der Waals surface area contributed by atoms with E-state index in [-0.39, 0.29) is 33.4 Å². The van der Waals surface area contributed by atoms with E-state index in [4.69, 9.17) is 5.14 Å². The van der Waals surface area contributed by atoms with Crippen molar-refractivity contribution in [3.63, 3.8) is 0 Å². The molecule has 0 saturated carbocycles. The van der Waals surface area contributed by atoms with Crippen LogP contribution in [0.2, 0.25) is 0 Å². The second-order valence-corrected chi connectivity index (χ2v) is 11.7. The number of hydrogen-bond acceptors (Lipinski definition) is 9. The van der Waals surface area contributed by atoms with Crippen LogP contribution >= 0.6 is 0 Å². The zero-order valence-corrected chi connectivity index (χ0v) is 20.7. The smallest absolute Gasteiger partial charge is 0.359 e. The van der Waals surface area contributed by atoms with Crippen molar-refractivity contribution < 1.29 is 30.0 Å². The molecule has 0 fully saturated rings. The van der Waals surface area contributed by atoms with Gasteiger partial charge in [0.25, 0.3) is 0 Å². The van der Waals surface area contributed by atoms with Gasteiger partial charge in [0.1, 0.15) is 12.1 Å². The van der Waals surface area contributed by atoms with Gasteiger partial charge in [0, 0.05) is 6.26 Å². The highest BCUT2D eigenvalue weighted by molar-refractivity contribution is 7.90. The van der Waals surface area contributed by atoms with Gasteiger partial charge in [0.05, 0.1) is 27.9 Å². The van der Waals surface area contributed by atoms with E-state index in [1.807, 2.05) is 0 Å². The van der Waals surface area contributed by atoms with E-state index in [0.717, 1.165) is 6.26 Å². The first kappa shape index (κ1) is 27.3. The van der Waals surface area contributed by atoms with E-state index >= 15 is 0 Å². The van der Waals surface area contributed by atoms with Crippen LogP contribution in [-0.4, -0.2) is 56.5 Å². The highest BCUT2D eigenvalue weighted by Crippen LogP contribution is 2.25. The van der Waals surface area contributed by atoms with Crippen LogP contribution in [0.4, 0.5) is 24.9 Å². The maximum atomic E-state index is 12.9. The number of pyridine rings is 1. The molecule has 3 rings (SSSR count). The predicted octanol–water partition coefficient (Wildman–Crippen LogP) is 2.88. The maximum Gasteiger partial charge on any atom is 0.405 e. The lowest BCUT2D eigenvalue weighted by atomic mass is 10.1. The van der Waals surface area contributed by atoms with Crippen LogP contribution in [0.15, 0.2) is 47.4 Å². The Morgan fingerprint density at radius 1 is 1.03 bits per heavy atom. The Kier molecular flexibility index (Phi) is 7.85. The van der Waals surface area contributed by atoms with Crippen LogP contribution in [-0.2, 0) is 19.9 Å². The van der Waals surface area contributed by atoms with Gasteiger partial charge in [-0.1, -0.05) is 18.2 Å². The number of primary sulfonamides is 1. The summed E-state index contributed by atoms with van der Waals surface area (Å²) in [5.41, 5.74) is 1.28. The Balaban J connectivity index is 1.93. The summed E-state index contributed by atoms with van der Waals surface area (Å²) in [4.78, 5) is 12.7. The first-order valence-corrected chi connectivity index (χ1v) is 13.9. The average Bonchev–Trinajstić information content (AvgIpc) is 2.75. The number of halogens is 3. The summed E-state index contributed by atoms with van der Waals surface area (Å²) >= 11 is 0. The van der Waals surface area contributed by atoms with Crippen molar-refractivity contribution in [2.45, 2.75) is 24.0 Å². The molecule has 1 unspecified atom stereocenters. The molecule has 36 heavy (non-hydrogen) atoms. The number of hydrogen-bond donors (Lipinski definition) is 3. The van der Waals surface area contributed by atoms with Crippen molar-refractivity contribution in [1.29, 1.82) is 0 Å². The lowest BCUT2D eigenvalue weighted by molar-refractivity contribution is -0.115. The molecule has 10 nitrogen and oxygen atoms in total. The Bertz CT molecular complexity index is 1490. The lowest BCUT2D eigenvalue weighted by Crippen LogP contribution is -2.22. The van der Waals surface area contributed by atoms with E-state index in [1.54, 1.807) is 13.0 Å². The molecular formula is C21H23F3N6O4S2. The Morgan fingerprint density at radius 2 is 1.69 bits per heavy atom. The topological polar surface area (TPSA) is 157 Å². The quantitative estimate of drug-likeness (QED) is 0.368. The normalized spacial score (nSPS) is 13.7. The number of anilines is 2.